The van der Waals surface area contributed by atoms with Gasteiger partial charge in [-0.3, -0.25) is 0 Å². The molecule has 0 atom stereocenters. The molecule has 2 aliphatic rings. The van der Waals surface area contributed by atoms with Crippen molar-refractivity contribution in [2.75, 3.05) is 0 Å². The first-order chi connectivity index (χ1) is 6.29. The summed E-state index contributed by atoms with van der Waals surface area (Å²) in [6.45, 7) is 2.31. The van der Waals surface area contributed by atoms with Crippen molar-refractivity contribution in [2.45, 2.75) is 76.4 Å². The van der Waals surface area contributed by atoms with Gasteiger partial charge in [0.15, 0.2) is 0 Å². The van der Waals surface area contributed by atoms with Crippen molar-refractivity contribution in [3.63, 3.8) is 0 Å². The van der Waals surface area contributed by atoms with Crippen molar-refractivity contribution in [1.29, 1.82) is 0 Å². The first-order valence-corrected chi connectivity index (χ1v) is 5.96. The summed E-state index contributed by atoms with van der Waals surface area (Å²) >= 11 is 0. The third-order valence-corrected chi connectivity index (χ3v) is 3.66. The van der Waals surface area contributed by atoms with E-state index >= 15 is 0 Å². The zero-order valence-corrected chi connectivity index (χ0v) is 8.85. The number of hydrogen-bond acceptors (Lipinski definition) is 1. The zero-order chi connectivity index (χ0) is 9.15. The Morgan fingerprint density at radius 1 is 0.923 bits per heavy atom. The molecule has 0 bridgehead atoms. The van der Waals surface area contributed by atoms with Crippen molar-refractivity contribution >= 4 is 0 Å². The third-order valence-electron chi connectivity index (χ3n) is 3.66. The van der Waals surface area contributed by atoms with Crippen molar-refractivity contribution in [2.24, 2.45) is 0 Å². The summed E-state index contributed by atoms with van der Waals surface area (Å²) in [4.78, 5) is 0. The molecule has 2 saturated carbocycles. The van der Waals surface area contributed by atoms with Crippen LogP contribution >= 0.6 is 0 Å². The monoisotopic (exact) mass is 182 g/mol. The van der Waals surface area contributed by atoms with Crippen LogP contribution in [-0.4, -0.2) is 11.7 Å². The largest absolute Gasteiger partial charge is 0.372 e. The number of ether oxygens (including phenoxy) is 1. The van der Waals surface area contributed by atoms with Gasteiger partial charge in [0.25, 0.3) is 0 Å². The van der Waals surface area contributed by atoms with E-state index in [0.717, 1.165) is 0 Å². The molecule has 13 heavy (non-hydrogen) atoms. The first kappa shape index (κ1) is 9.51. The molecule has 0 radical (unpaired) electrons. The minimum Gasteiger partial charge on any atom is -0.372 e. The first-order valence-electron chi connectivity index (χ1n) is 5.96. The van der Waals surface area contributed by atoms with Crippen LogP contribution in [0.25, 0.3) is 0 Å². The van der Waals surface area contributed by atoms with E-state index in [-0.39, 0.29) is 5.60 Å². The van der Waals surface area contributed by atoms with E-state index in [4.69, 9.17) is 4.74 Å². The summed E-state index contributed by atoms with van der Waals surface area (Å²) < 4.78 is 6.24. The fourth-order valence-electron chi connectivity index (χ4n) is 2.83. The summed E-state index contributed by atoms with van der Waals surface area (Å²) in [7, 11) is 0. The molecule has 2 fully saturated rings. The standard InChI is InChI=1S/C12H22O/c1-12(9-5-6-10-12)13-11-7-3-2-4-8-11/h11H,2-10H2,1H3. The van der Waals surface area contributed by atoms with E-state index in [2.05, 4.69) is 6.92 Å². The van der Waals surface area contributed by atoms with E-state index < -0.39 is 0 Å². The molecule has 0 amide bonds. The molecular formula is C12H22O. The highest BCUT2D eigenvalue weighted by Gasteiger charge is 2.32. The smallest absolute Gasteiger partial charge is 0.0658 e. The maximum Gasteiger partial charge on any atom is 0.0658 e. The minimum atomic E-state index is 0.252. The Labute approximate surface area is 81.9 Å². The van der Waals surface area contributed by atoms with Gasteiger partial charge in [0.2, 0.25) is 0 Å². The molecule has 0 unspecified atom stereocenters. The topological polar surface area (TPSA) is 9.23 Å². The van der Waals surface area contributed by atoms with Crippen LogP contribution in [0, 0.1) is 0 Å². The Morgan fingerprint density at radius 3 is 2.15 bits per heavy atom. The van der Waals surface area contributed by atoms with Crippen molar-refractivity contribution in [3.05, 3.63) is 0 Å². The zero-order valence-electron chi connectivity index (χ0n) is 8.85. The third kappa shape index (κ3) is 2.46. The van der Waals surface area contributed by atoms with E-state index in [1.165, 1.54) is 57.8 Å². The molecule has 0 N–H and O–H groups in total. The highest BCUT2D eigenvalue weighted by Crippen LogP contribution is 2.36. The lowest BCUT2D eigenvalue weighted by Gasteiger charge is -2.32. The van der Waals surface area contributed by atoms with Crippen LogP contribution in [0.15, 0.2) is 0 Å². The van der Waals surface area contributed by atoms with Gasteiger partial charge in [0, 0.05) is 0 Å². The molecule has 0 spiro atoms. The van der Waals surface area contributed by atoms with Crippen LogP contribution in [0.2, 0.25) is 0 Å². The van der Waals surface area contributed by atoms with E-state index in [9.17, 15) is 0 Å². The fourth-order valence-corrected chi connectivity index (χ4v) is 2.83. The van der Waals surface area contributed by atoms with Crippen LogP contribution in [0.5, 0.6) is 0 Å². The van der Waals surface area contributed by atoms with Crippen LogP contribution in [0.3, 0.4) is 0 Å². The van der Waals surface area contributed by atoms with E-state index in [1.807, 2.05) is 0 Å². The van der Waals surface area contributed by atoms with Gasteiger partial charge in [-0.15, -0.1) is 0 Å². The fraction of sp³-hybridized carbons (Fsp3) is 1.00. The maximum atomic E-state index is 6.24. The van der Waals surface area contributed by atoms with Crippen LogP contribution in [0.4, 0.5) is 0 Å². The average molecular weight is 182 g/mol. The second kappa shape index (κ2) is 4.00. The number of hydrogen-bond donors (Lipinski definition) is 0. The molecule has 0 aliphatic heterocycles. The highest BCUT2D eigenvalue weighted by atomic mass is 16.5. The molecule has 1 heteroatoms. The summed E-state index contributed by atoms with van der Waals surface area (Å²) in [6, 6.07) is 0. The highest BCUT2D eigenvalue weighted by molar-refractivity contribution is 4.83. The molecular weight excluding hydrogens is 160 g/mol. The Morgan fingerprint density at radius 2 is 1.54 bits per heavy atom. The number of rotatable bonds is 2. The van der Waals surface area contributed by atoms with Crippen LogP contribution in [0.1, 0.15) is 64.7 Å². The van der Waals surface area contributed by atoms with E-state index in [0.29, 0.717) is 6.10 Å². The van der Waals surface area contributed by atoms with Gasteiger partial charge in [0.05, 0.1) is 11.7 Å². The lowest BCUT2D eigenvalue weighted by molar-refractivity contribution is -0.0906. The Bertz CT molecular complexity index is 153. The Balaban J connectivity index is 1.81. The summed E-state index contributed by atoms with van der Waals surface area (Å²) in [5.74, 6) is 0. The second-order valence-corrected chi connectivity index (χ2v) is 5.03. The second-order valence-electron chi connectivity index (χ2n) is 5.03. The molecule has 0 aromatic carbocycles. The SMILES string of the molecule is CC1(OC2CCCCC2)CCCC1. The molecule has 0 heterocycles. The molecule has 2 rings (SSSR count). The lowest BCUT2D eigenvalue weighted by Crippen LogP contribution is -2.31. The van der Waals surface area contributed by atoms with E-state index in [1.54, 1.807) is 0 Å². The quantitative estimate of drug-likeness (QED) is 0.633. The van der Waals surface area contributed by atoms with Crippen molar-refractivity contribution < 1.29 is 4.74 Å². The molecule has 0 saturated heterocycles. The van der Waals surface area contributed by atoms with Gasteiger partial charge in [-0.25, -0.2) is 0 Å². The van der Waals surface area contributed by atoms with Crippen LogP contribution < -0.4 is 0 Å². The molecule has 0 aromatic rings. The van der Waals surface area contributed by atoms with Crippen molar-refractivity contribution in [1.82, 2.24) is 0 Å². The predicted octanol–water partition coefficient (Wildman–Crippen LogP) is 3.67. The minimum absolute atomic E-state index is 0.252. The van der Waals surface area contributed by atoms with Gasteiger partial charge in [-0.05, 0) is 32.6 Å². The molecule has 76 valence electrons. The summed E-state index contributed by atoms with van der Waals surface area (Å²) in [5.41, 5.74) is 0.252. The van der Waals surface area contributed by atoms with Gasteiger partial charge >= 0.3 is 0 Å². The Kier molecular flexibility index (Phi) is 2.92. The molecule has 1 nitrogen and oxygen atoms in total. The van der Waals surface area contributed by atoms with Gasteiger partial charge in [0.1, 0.15) is 0 Å². The van der Waals surface area contributed by atoms with Gasteiger partial charge < -0.3 is 4.74 Å². The Hall–Kier alpha value is -0.0400. The maximum absolute atomic E-state index is 6.24. The summed E-state index contributed by atoms with van der Waals surface area (Å²) in [5, 5.41) is 0. The van der Waals surface area contributed by atoms with Crippen LogP contribution in [-0.2, 0) is 4.74 Å². The average Bonchev–Trinajstić information content (AvgIpc) is 2.54. The summed E-state index contributed by atoms with van der Waals surface area (Å²) in [6.07, 6.45) is 12.8. The molecule has 2 aliphatic carbocycles. The lowest BCUT2D eigenvalue weighted by atomic mass is 9.96. The normalized spacial score (nSPS) is 29.3. The van der Waals surface area contributed by atoms with Crippen molar-refractivity contribution in [3.8, 4) is 0 Å². The van der Waals surface area contributed by atoms with Gasteiger partial charge in [-0.2, -0.15) is 0 Å². The van der Waals surface area contributed by atoms with Gasteiger partial charge in [-0.1, -0.05) is 32.1 Å². The molecule has 0 aromatic heterocycles. The predicted molar refractivity (Wildman–Crippen MR) is 54.8 cm³/mol.